The number of carbonyl (C=O) groups excluding carboxylic acids is 2. The van der Waals surface area contributed by atoms with Crippen molar-refractivity contribution in [1.82, 2.24) is 10.0 Å². The van der Waals surface area contributed by atoms with Gasteiger partial charge in [0.15, 0.2) is 11.0 Å². The average Bonchev–Trinajstić information content (AvgIpc) is 3.28. The lowest BCUT2D eigenvalue weighted by Gasteiger charge is -2.15. The molecule has 3 aromatic rings. The molecule has 0 saturated heterocycles. The van der Waals surface area contributed by atoms with Crippen molar-refractivity contribution in [3.05, 3.63) is 89.0 Å². The molecule has 1 heterocycles. The van der Waals surface area contributed by atoms with Crippen LogP contribution in [0.3, 0.4) is 0 Å². The second-order valence-corrected chi connectivity index (χ2v) is 10.0. The van der Waals surface area contributed by atoms with Gasteiger partial charge in [-0.3, -0.25) is 14.3 Å². The highest BCUT2D eigenvalue weighted by Crippen LogP contribution is 2.32. The van der Waals surface area contributed by atoms with E-state index in [-0.39, 0.29) is 5.91 Å². The van der Waals surface area contributed by atoms with E-state index in [4.69, 9.17) is 14.3 Å². The molecule has 1 aliphatic rings. The summed E-state index contributed by atoms with van der Waals surface area (Å²) in [5, 5.41) is 3.13. The summed E-state index contributed by atoms with van der Waals surface area (Å²) in [5.41, 5.74) is 6.50. The van der Waals surface area contributed by atoms with Crippen molar-refractivity contribution in [3.63, 3.8) is 0 Å². The van der Waals surface area contributed by atoms with Gasteiger partial charge in [-0.2, -0.15) is 0 Å². The predicted molar refractivity (Wildman–Crippen MR) is 153 cm³/mol. The van der Waals surface area contributed by atoms with E-state index in [2.05, 4.69) is 52.9 Å². The fourth-order valence-corrected chi connectivity index (χ4v) is 5.05. The Hall–Kier alpha value is -3.95. The van der Waals surface area contributed by atoms with E-state index in [1.165, 1.54) is 29.9 Å². The molecule has 2 N–H and O–H groups in total. The van der Waals surface area contributed by atoms with Crippen LogP contribution in [0.15, 0.2) is 66.7 Å². The zero-order chi connectivity index (χ0) is 28.2. The summed E-state index contributed by atoms with van der Waals surface area (Å²) in [7, 11) is 1.76. The first kappa shape index (κ1) is 29.6. The minimum absolute atomic E-state index is 0.337. The molecule has 0 bridgehead atoms. The van der Waals surface area contributed by atoms with Crippen LogP contribution in [0.5, 0.6) is 11.5 Å². The zero-order valence-electron chi connectivity index (χ0n) is 22.6. The first-order valence-corrected chi connectivity index (χ1v) is 13.6. The Bertz CT molecular complexity index is 1310. The first-order valence-electron chi connectivity index (χ1n) is 12.5. The predicted octanol–water partition coefficient (Wildman–Crippen LogP) is 4.46. The SMILES string of the molecule is CNCCCOc1cc(C)c(-c2cccc(COc3ccc(C4=CC(=O)NS4=O)cc3)c2)c(C)c1.COC=O. The smallest absolute Gasteiger partial charge is 0.292 e. The van der Waals surface area contributed by atoms with Crippen molar-refractivity contribution in [2.45, 2.75) is 26.9 Å². The van der Waals surface area contributed by atoms with Crippen LogP contribution in [-0.2, 0) is 31.9 Å². The van der Waals surface area contributed by atoms with Crippen molar-refractivity contribution < 1.29 is 28.0 Å². The third-order valence-electron chi connectivity index (χ3n) is 5.86. The highest BCUT2D eigenvalue weighted by molar-refractivity contribution is 7.93. The summed E-state index contributed by atoms with van der Waals surface area (Å²) < 4.78 is 30.1. The van der Waals surface area contributed by atoms with Gasteiger partial charge in [-0.25, -0.2) is 4.21 Å². The highest BCUT2D eigenvalue weighted by Gasteiger charge is 2.20. The van der Waals surface area contributed by atoms with Crippen LogP contribution in [0.25, 0.3) is 16.0 Å². The molecule has 0 aromatic heterocycles. The number of aryl methyl sites for hydroxylation is 2. The standard InChI is InChI=1S/C28H30N2O4S.C2H4O2/c1-19-14-25(33-13-5-12-29-3)15-20(2)28(19)23-7-4-6-21(16-23)18-34-24-10-8-22(9-11-24)26-17-27(31)30-35(26)32;1-4-2-3/h4,6-11,14-17,29H,5,12-13,18H2,1-3H3,(H,30,31);2H,1H3. The van der Waals surface area contributed by atoms with Gasteiger partial charge in [-0.15, -0.1) is 0 Å². The second-order valence-electron chi connectivity index (χ2n) is 8.83. The van der Waals surface area contributed by atoms with Crippen LogP contribution in [0, 0.1) is 13.8 Å². The first-order chi connectivity index (χ1) is 18.9. The third kappa shape index (κ3) is 8.53. The summed E-state index contributed by atoms with van der Waals surface area (Å²) in [6.07, 6.45) is 2.33. The van der Waals surface area contributed by atoms with Crippen molar-refractivity contribution in [2.24, 2.45) is 0 Å². The Kier molecular flexibility index (Phi) is 11.3. The van der Waals surface area contributed by atoms with Gasteiger partial charge in [0.05, 0.1) is 18.6 Å². The van der Waals surface area contributed by atoms with E-state index in [9.17, 15) is 9.00 Å². The number of methoxy groups -OCH3 is 1. The summed E-state index contributed by atoms with van der Waals surface area (Å²) in [4.78, 5) is 20.8. The number of amides is 1. The Labute approximate surface area is 232 Å². The van der Waals surface area contributed by atoms with E-state index in [0.717, 1.165) is 35.4 Å². The van der Waals surface area contributed by atoms with Gasteiger partial charge >= 0.3 is 0 Å². The van der Waals surface area contributed by atoms with Crippen molar-refractivity contribution in [2.75, 3.05) is 27.3 Å². The maximum absolute atomic E-state index is 11.9. The molecule has 0 spiro atoms. The summed E-state index contributed by atoms with van der Waals surface area (Å²) in [6.45, 7) is 6.66. The molecule has 0 fully saturated rings. The number of carbonyl (C=O) groups is 2. The number of rotatable bonds is 11. The Morgan fingerprint density at radius 3 is 2.23 bits per heavy atom. The van der Waals surface area contributed by atoms with Crippen LogP contribution in [0.2, 0.25) is 0 Å². The Morgan fingerprint density at radius 1 is 0.949 bits per heavy atom. The third-order valence-corrected chi connectivity index (χ3v) is 7.00. The highest BCUT2D eigenvalue weighted by atomic mass is 32.2. The molecule has 1 unspecified atom stereocenters. The molecule has 1 aliphatic heterocycles. The van der Waals surface area contributed by atoms with Gasteiger partial charge in [0.2, 0.25) is 0 Å². The number of nitrogens with one attached hydrogen (secondary N) is 2. The molecule has 0 saturated carbocycles. The number of benzene rings is 3. The fourth-order valence-electron chi connectivity index (χ4n) is 4.14. The zero-order valence-corrected chi connectivity index (χ0v) is 23.4. The largest absolute Gasteiger partial charge is 0.494 e. The minimum atomic E-state index is -1.50. The van der Waals surface area contributed by atoms with Crippen LogP contribution in [0.4, 0.5) is 0 Å². The molecule has 8 nitrogen and oxygen atoms in total. The fraction of sp³-hybridized carbons (Fsp3) is 0.267. The van der Waals surface area contributed by atoms with Gasteiger partial charge in [0.25, 0.3) is 12.4 Å². The molecule has 9 heteroatoms. The van der Waals surface area contributed by atoms with Crippen molar-refractivity contribution >= 4 is 28.3 Å². The lowest BCUT2D eigenvalue weighted by atomic mass is 9.94. The molecule has 39 heavy (non-hydrogen) atoms. The van der Waals surface area contributed by atoms with E-state index in [1.807, 2.05) is 43.4 Å². The molecule has 4 rings (SSSR count). The molecule has 0 radical (unpaired) electrons. The molecule has 206 valence electrons. The van der Waals surface area contributed by atoms with E-state index < -0.39 is 11.0 Å². The molecular formula is C30H34N2O6S. The molecule has 1 atom stereocenters. The molecular weight excluding hydrogens is 516 g/mol. The van der Waals surface area contributed by atoms with Gasteiger partial charge in [0.1, 0.15) is 18.1 Å². The second kappa shape index (κ2) is 14.8. The number of ether oxygens (including phenoxy) is 3. The van der Waals surface area contributed by atoms with E-state index in [0.29, 0.717) is 30.3 Å². The maximum atomic E-state index is 11.9. The number of hydrogen-bond donors (Lipinski definition) is 2. The monoisotopic (exact) mass is 550 g/mol. The van der Waals surface area contributed by atoms with Crippen LogP contribution < -0.4 is 19.5 Å². The minimum Gasteiger partial charge on any atom is -0.494 e. The van der Waals surface area contributed by atoms with Crippen molar-refractivity contribution in [3.8, 4) is 22.6 Å². The van der Waals surface area contributed by atoms with Gasteiger partial charge < -0.3 is 19.5 Å². The topological polar surface area (TPSA) is 103 Å². The van der Waals surface area contributed by atoms with Gasteiger partial charge in [-0.1, -0.05) is 30.3 Å². The summed E-state index contributed by atoms with van der Waals surface area (Å²) >= 11 is 0. The summed E-state index contributed by atoms with van der Waals surface area (Å²) in [5.74, 6) is 1.27. The quantitative estimate of drug-likeness (QED) is 0.268. The molecule has 3 aromatic carbocycles. The normalized spacial score (nSPS) is 14.0. The van der Waals surface area contributed by atoms with E-state index >= 15 is 0 Å². The van der Waals surface area contributed by atoms with Gasteiger partial charge in [-0.05, 0) is 97.6 Å². The Morgan fingerprint density at radius 2 is 1.64 bits per heavy atom. The van der Waals surface area contributed by atoms with E-state index in [1.54, 1.807) is 0 Å². The van der Waals surface area contributed by atoms with Gasteiger partial charge in [0, 0.05) is 6.08 Å². The molecule has 1 amide bonds. The van der Waals surface area contributed by atoms with Crippen LogP contribution in [0.1, 0.15) is 28.7 Å². The summed E-state index contributed by atoms with van der Waals surface area (Å²) in [6, 6.07) is 19.8. The van der Waals surface area contributed by atoms with Crippen molar-refractivity contribution in [1.29, 1.82) is 0 Å². The Balaban J connectivity index is 0.000000983. The average molecular weight is 551 g/mol. The van der Waals surface area contributed by atoms with Crippen LogP contribution >= 0.6 is 0 Å². The van der Waals surface area contributed by atoms with Crippen LogP contribution in [-0.4, -0.2) is 43.9 Å². The lowest BCUT2D eigenvalue weighted by molar-refractivity contribution is -0.126. The lowest BCUT2D eigenvalue weighted by Crippen LogP contribution is -2.16. The molecule has 0 aliphatic carbocycles. The number of hydrogen-bond acceptors (Lipinski definition) is 7. The maximum Gasteiger partial charge on any atom is 0.292 e.